The molecule has 0 fully saturated rings. The second-order valence-electron chi connectivity index (χ2n) is 2.97. The highest BCUT2D eigenvalue weighted by molar-refractivity contribution is 5.43. The lowest BCUT2D eigenvalue weighted by Gasteiger charge is -2.05. The summed E-state index contributed by atoms with van der Waals surface area (Å²) in [5.74, 6) is 0.343. The SMILES string of the molecule is C=C/C=C\C(=C/C)Nc1cc(=O)[nH]c(=O)[nH]1.CC. The molecule has 0 atom stereocenters. The fraction of sp³-hybridized carbons (Fsp3) is 0.231. The Bertz CT molecular complexity index is 507. The van der Waals surface area contributed by atoms with Crippen molar-refractivity contribution in [2.45, 2.75) is 20.8 Å². The van der Waals surface area contributed by atoms with Crippen molar-refractivity contribution in [2.24, 2.45) is 0 Å². The van der Waals surface area contributed by atoms with Gasteiger partial charge in [0, 0.05) is 11.8 Å². The van der Waals surface area contributed by atoms with E-state index >= 15 is 0 Å². The molecule has 0 bridgehead atoms. The third kappa shape index (κ3) is 5.69. The average molecular weight is 249 g/mol. The Balaban J connectivity index is 0.00000137. The Morgan fingerprint density at radius 1 is 1.33 bits per heavy atom. The molecule has 0 aliphatic carbocycles. The van der Waals surface area contributed by atoms with Gasteiger partial charge in [-0.15, -0.1) is 0 Å². The first-order valence-electron chi connectivity index (χ1n) is 5.72. The smallest absolute Gasteiger partial charge is 0.327 e. The van der Waals surface area contributed by atoms with Gasteiger partial charge < -0.3 is 5.32 Å². The van der Waals surface area contributed by atoms with Crippen molar-refractivity contribution in [3.63, 3.8) is 0 Å². The van der Waals surface area contributed by atoms with E-state index in [-0.39, 0.29) is 0 Å². The molecule has 98 valence electrons. The number of hydrogen-bond donors (Lipinski definition) is 3. The summed E-state index contributed by atoms with van der Waals surface area (Å²) in [6, 6.07) is 1.27. The van der Waals surface area contributed by atoms with Crippen LogP contribution in [0.3, 0.4) is 0 Å². The summed E-state index contributed by atoms with van der Waals surface area (Å²) < 4.78 is 0. The lowest BCUT2D eigenvalue weighted by molar-refractivity contribution is 1.04. The maximum atomic E-state index is 11.0. The molecular formula is C13H19N3O2. The van der Waals surface area contributed by atoms with Gasteiger partial charge in [0.1, 0.15) is 5.82 Å². The van der Waals surface area contributed by atoms with Crippen LogP contribution in [0.4, 0.5) is 5.82 Å². The van der Waals surface area contributed by atoms with E-state index in [2.05, 4.69) is 21.9 Å². The molecule has 0 aromatic carbocycles. The Morgan fingerprint density at radius 3 is 2.50 bits per heavy atom. The summed E-state index contributed by atoms with van der Waals surface area (Å²) in [7, 11) is 0. The molecule has 0 saturated carbocycles. The standard InChI is InChI=1S/C11H13N3O2.C2H6/c1-3-5-6-8(4-2)12-9-7-10(15)14-11(16)13-9;1-2/h3-7H,1H2,2H3,(H3,12,13,14,15,16);1-2H3/b6-5-,8-4+;. The summed E-state index contributed by atoms with van der Waals surface area (Å²) in [5, 5.41) is 2.90. The third-order valence-electron chi connectivity index (χ3n) is 1.76. The highest BCUT2D eigenvalue weighted by Crippen LogP contribution is 2.02. The van der Waals surface area contributed by atoms with E-state index in [9.17, 15) is 9.59 Å². The van der Waals surface area contributed by atoms with E-state index < -0.39 is 11.2 Å². The lowest BCUT2D eigenvalue weighted by Crippen LogP contribution is -2.22. The molecule has 0 radical (unpaired) electrons. The maximum Gasteiger partial charge on any atom is 0.327 e. The Morgan fingerprint density at radius 2 is 2.00 bits per heavy atom. The molecule has 0 aliphatic heterocycles. The molecule has 5 heteroatoms. The minimum atomic E-state index is -0.543. The number of hydrogen-bond acceptors (Lipinski definition) is 3. The predicted octanol–water partition coefficient (Wildman–Crippen LogP) is 2.15. The zero-order valence-electron chi connectivity index (χ0n) is 10.9. The van der Waals surface area contributed by atoms with Crippen LogP contribution < -0.4 is 16.6 Å². The van der Waals surface area contributed by atoms with Crippen LogP contribution in [0.15, 0.2) is 52.2 Å². The fourth-order valence-corrected chi connectivity index (χ4v) is 1.07. The lowest BCUT2D eigenvalue weighted by atomic mass is 10.3. The van der Waals surface area contributed by atoms with Crippen LogP contribution in [0.2, 0.25) is 0 Å². The Hall–Kier alpha value is -2.30. The van der Waals surface area contributed by atoms with Gasteiger partial charge in [0.05, 0.1) is 0 Å². The van der Waals surface area contributed by atoms with Crippen molar-refractivity contribution in [2.75, 3.05) is 5.32 Å². The molecule has 3 N–H and O–H groups in total. The summed E-state index contributed by atoms with van der Waals surface area (Å²) in [4.78, 5) is 26.6. The van der Waals surface area contributed by atoms with Crippen molar-refractivity contribution in [1.82, 2.24) is 9.97 Å². The number of nitrogens with one attached hydrogen (secondary N) is 3. The van der Waals surface area contributed by atoms with Gasteiger partial charge in [-0.1, -0.05) is 38.7 Å². The van der Waals surface area contributed by atoms with Gasteiger partial charge >= 0.3 is 5.69 Å². The predicted molar refractivity (Wildman–Crippen MR) is 75.7 cm³/mol. The Labute approximate surface area is 106 Å². The number of allylic oxidation sites excluding steroid dienone is 4. The highest BCUT2D eigenvalue weighted by Gasteiger charge is 1.96. The van der Waals surface area contributed by atoms with E-state index in [1.807, 2.05) is 20.8 Å². The minimum Gasteiger partial charge on any atom is -0.342 e. The van der Waals surface area contributed by atoms with Crippen molar-refractivity contribution < 1.29 is 0 Å². The topological polar surface area (TPSA) is 77.8 Å². The summed E-state index contributed by atoms with van der Waals surface area (Å²) >= 11 is 0. The van der Waals surface area contributed by atoms with Crippen LogP contribution in [0.1, 0.15) is 20.8 Å². The van der Waals surface area contributed by atoms with E-state index in [0.717, 1.165) is 5.70 Å². The van der Waals surface area contributed by atoms with Crippen LogP contribution in [-0.4, -0.2) is 9.97 Å². The van der Waals surface area contributed by atoms with E-state index in [4.69, 9.17) is 0 Å². The van der Waals surface area contributed by atoms with Crippen molar-refractivity contribution in [1.29, 1.82) is 0 Å². The van der Waals surface area contributed by atoms with Crippen molar-refractivity contribution in [3.05, 3.63) is 63.5 Å². The monoisotopic (exact) mass is 249 g/mol. The molecule has 1 aromatic rings. The highest BCUT2D eigenvalue weighted by atomic mass is 16.2. The zero-order valence-corrected chi connectivity index (χ0v) is 10.9. The summed E-state index contributed by atoms with van der Waals surface area (Å²) in [5.41, 5.74) is -0.242. The average Bonchev–Trinajstić information content (AvgIpc) is 2.35. The molecule has 0 unspecified atom stereocenters. The number of aromatic amines is 2. The van der Waals surface area contributed by atoms with Gasteiger partial charge in [-0.05, 0) is 13.0 Å². The molecule has 0 saturated heterocycles. The minimum absolute atomic E-state index is 0.343. The number of H-pyrrole nitrogens is 2. The molecule has 1 heterocycles. The van der Waals surface area contributed by atoms with E-state index in [0.29, 0.717) is 5.82 Å². The molecule has 0 amide bonds. The molecule has 18 heavy (non-hydrogen) atoms. The van der Waals surface area contributed by atoms with Crippen LogP contribution >= 0.6 is 0 Å². The van der Waals surface area contributed by atoms with Crippen molar-refractivity contribution in [3.8, 4) is 0 Å². The molecule has 5 nitrogen and oxygen atoms in total. The van der Waals surface area contributed by atoms with Crippen LogP contribution in [0, 0.1) is 0 Å². The number of rotatable bonds is 4. The first-order valence-corrected chi connectivity index (χ1v) is 5.72. The zero-order chi connectivity index (χ0) is 14.0. The van der Waals surface area contributed by atoms with Gasteiger partial charge in [-0.2, -0.15) is 0 Å². The third-order valence-corrected chi connectivity index (χ3v) is 1.76. The summed E-state index contributed by atoms with van der Waals surface area (Å²) in [6.45, 7) is 9.38. The van der Waals surface area contributed by atoms with E-state index in [1.54, 1.807) is 24.3 Å². The molecule has 1 aromatic heterocycles. The molecular weight excluding hydrogens is 230 g/mol. The molecule has 0 aliphatic rings. The van der Waals surface area contributed by atoms with Gasteiger partial charge in [-0.25, -0.2) is 4.79 Å². The van der Waals surface area contributed by atoms with Gasteiger partial charge in [0.2, 0.25) is 0 Å². The number of aromatic nitrogens is 2. The normalized spacial score (nSPS) is 10.7. The summed E-state index contributed by atoms with van der Waals surface area (Å²) in [6.07, 6.45) is 6.95. The van der Waals surface area contributed by atoms with Gasteiger partial charge in [-0.3, -0.25) is 14.8 Å². The Kier molecular flexibility index (Phi) is 7.68. The first-order chi connectivity index (χ1) is 8.65. The van der Waals surface area contributed by atoms with E-state index in [1.165, 1.54) is 6.07 Å². The van der Waals surface area contributed by atoms with Gasteiger partial charge in [0.25, 0.3) is 5.56 Å². The van der Waals surface area contributed by atoms with Crippen molar-refractivity contribution >= 4 is 5.82 Å². The second-order valence-corrected chi connectivity index (χ2v) is 2.97. The molecule has 1 rings (SSSR count). The second kappa shape index (κ2) is 8.81. The van der Waals surface area contributed by atoms with Crippen LogP contribution in [-0.2, 0) is 0 Å². The van der Waals surface area contributed by atoms with Crippen LogP contribution in [0.5, 0.6) is 0 Å². The van der Waals surface area contributed by atoms with Gasteiger partial charge in [0.15, 0.2) is 0 Å². The first kappa shape index (κ1) is 15.7. The quantitative estimate of drug-likeness (QED) is 0.715. The maximum absolute atomic E-state index is 11.0. The fourth-order valence-electron chi connectivity index (χ4n) is 1.07. The van der Waals surface area contributed by atoms with Crippen LogP contribution in [0.25, 0.3) is 0 Å². The number of anilines is 1. The molecule has 0 spiro atoms. The largest absolute Gasteiger partial charge is 0.342 e.